The van der Waals surface area contributed by atoms with E-state index in [1.165, 1.54) is 31.0 Å². The van der Waals surface area contributed by atoms with Gasteiger partial charge < -0.3 is 14.7 Å². The lowest BCUT2D eigenvalue weighted by Crippen LogP contribution is -2.53. The Balaban J connectivity index is 1.82. The summed E-state index contributed by atoms with van der Waals surface area (Å²) in [5, 5.41) is 9.33. The van der Waals surface area contributed by atoms with Crippen LogP contribution in [0.3, 0.4) is 0 Å². The highest BCUT2D eigenvalue weighted by molar-refractivity contribution is 7.99. The molecule has 0 aliphatic carbocycles. The van der Waals surface area contributed by atoms with Crippen molar-refractivity contribution >= 4 is 11.8 Å². The Kier molecular flexibility index (Phi) is 3.71. The average molecular weight is 217 g/mol. The molecule has 0 unspecified atom stereocenters. The zero-order valence-corrected chi connectivity index (χ0v) is 9.39. The molecular formula is C10H19NO2S. The van der Waals surface area contributed by atoms with E-state index in [0.717, 1.165) is 19.8 Å². The van der Waals surface area contributed by atoms with Crippen molar-refractivity contribution in [2.45, 2.75) is 6.42 Å². The number of nitrogens with zero attached hydrogens (tertiary/aromatic N) is 1. The van der Waals surface area contributed by atoms with Gasteiger partial charge in [0.15, 0.2) is 0 Å². The van der Waals surface area contributed by atoms with Gasteiger partial charge in [0.05, 0.1) is 25.2 Å². The van der Waals surface area contributed by atoms with Gasteiger partial charge in [0.25, 0.3) is 0 Å². The highest BCUT2D eigenvalue weighted by Crippen LogP contribution is 2.28. The van der Waals surface area contributed by atoms with E-state index in [2.05, 4.69) is 4.90 Å². The summed E-state index contributed by atoms with van der Waals surface area (Å²) in [4.78, 5) is 2.48. The van der Waals surface area contributed by atoms with Crippen molar-refractivity contribution < 1.29 is 9.84 Å². The Morgan fingerprint density at radius 1 is 1.29 bits per heavy atom. The molecular weight excluding hydrogens is 198 g/mol. The van der Waals surface area contributed by atoms with Crippen molar-refractivity contribution in [1.82, 2.24) is 4.90 Å². The van der Waals surface area contributed by atoms with Crippen LogP contribution >= 0.6 is 11.8 Å². The number of hydrogen-bond acceptors (Lipinski definition) is 4. The van der Waals surface area contributed by atoms with Gasteiger partial charge in [-0.2, -0.15) is 11.8 Å². The fraction of sp³-hybridized carbons (Fsp3) is 1.00. The van der Waals surface area contributed by atoms with Crippen LogP contribution in [-0.2, 0) is 4.74 Å². The van der Waals surface area contributed by atoms with Crippen LogP contribution in [0.1, 0.15) is 6.42 Å². The quantitative estimate of drug-likeness (QED) is 0.743. The minimum Gasteiger partial charge on any atom is -0.396 e. The molecule has 2 heterocycles. The zero-order chi connectivity index (χ0) is 9.86. The Morgan fingerprint density at radius 2 is 2.14 bits per heavy atom. The monoisotopic (exact) mass is 217 g/mol. The summed E-state index contributed by atoms with van der Waals surface area (Å²) >= 11 is 2.04. The van der Waals surface area contributed by atoms with E-state index in [0.29, 0.717) is 0 Å². The number of thioether (sulfide) groups is 1. The minimum absolute atomic E-state index is 0.0645. The molecule has 4 heteroatoms. The number of ether oxygens (including phenoxy) is 1. The highest BCUT2D eigenvalue weighted by atomic mass is 32.2. The number of hydrogen-bond donors (Lipinski definition) is 1. The van der Waals surface area contributed by atoms with E-state index >= 15 is 0 Å². The summed E-state index contributed by atoms with van der Waals surface area (Å²) in [6.07, 6.45) is 1.28. The lowest BCUT2D eigenvalue weighted by molar-refractivity contribution is -0.147. The molecule has 0 aromatic heterocycles. The molecule has 2 rings (SSSR count). The van der Waals surface area contributed by atoms with Crippen LogP contribution in [0.2, 0.25) is 0 Å². The lowest BCUT2D eigenvalue weighted by Gasteiger charge is -2.43. The molecule has 0 radical (unpaired) electrons. The maximum atomic E-state index is 9.33. The first-order valence-electron chi connectivity index (χ1n) is 5.33. The van der Waals surface area contributed by atoms with Gasteiger partial charge in [0.1, 0.15) is 0 Å². The van der Waals surface area contributed by atoms with Crippen molar-refractivity contribution in [2.75, 3.05) is 51.0 Å². The molecule has 0 bridgehead atoms. The van der Waals surface area contributed by atoms with E-state index in [1.807, 2.05) is 11.8 Å². The number of aliphatic hydroxyl groups excluding tert-OH is 1. The van der Waals surface area contributed by atoms with E-state index in [9.17, 15) is 5.11 Å². The fourth-order valence-electron chi connectivity index (χ4n) is 2.05. The minimum atomic E-state index is 0.0645. The van der Waals surface area contributed by atoms with Crippen molar-refractivity contribution in [3.8, 4) is 0 Å². The normalized spacial score (nSPS) is 28.1. The predicted octanol–water partition coefficient (Wildman–Crippen LogP) is 0.434. The standard InChI is InChI=1S/C10H19NO2S/c12-7-10(8-13-9-10)6-11-2-1-4-14-5-3-11/h12H,1-9H2. The molecule has 0 aromatic rings. The van der Waals surface area contributed by atoms with Crippen LogP contribution in [0.5, 0.6) is 0 Å². The third kappa shape index (κ3) is 2.42. The summed E-state index contributed by atoms with van der Waals surface area (Å²) in [6.45, 7) is 5.14. The van der Waals surface area contributed by atoms with Gasteiger partial charge in [0, 0.05) is 18.8 Å². The molecule has 0 atom stereocenters. The molecule has 2 saturated heterocycles. The molecule has 1 N–H and O–H groups in total. The van der Waals surface area contributed by atoms with E-state index in [4.69, 9.17) is 4.74 Å². The Hall–Kier alpha value is 0.230. The van der Waals surface area contributed by atoms with Crippen LogP contribution in [-0.4, -0.2) is 61.0 Å². The van der Waals surface area contributed by atoms with Crippen molar-refractivity contribution in [2.24, 2.45) is 5.41 Å². The van der Waals surface area contributed by atoms with Crippen LogP contribution in [0.15, 0.2) is 0 Å². The van der Waals surface area contributed by atoms with Gasteiger partial charge in [0.2, 0.25) is 0 Å². The molecule has 3 nitrogen and oxygen atoms in total. The second-order valence-corrected chi connectivity index (χ2v) is 5.62. The fourth-order valence-corrected chi connectivity index (χ4v) is 2.98. The van der Waals surface area contributed by atoms with E-state index in [-0.39, 0.29) is 12.0 Å². The second kappa shape index (κ2) is 4.84. The van der Waals surface area contributed by atoms with Gasteiger partial charge >= 0.3 is 0 Å². The first-order valence-corrected chi connectivity index (χ1v) is 6.49. The summed E-state index contributed by atoms with van der Waals surface area (Å²) in [7, 11) is 0. The van der Waals surface area contributed by atoms with E-state index in [1.54, 1.807) is 0 Å². The molecule has 2 aliphatic rings. The van der Waals surface area contributed by atoms with E-state index < -0.39 is 0 Å². The van der Waals surface area contributed by atoms with Gasteiger partial charge in [-0.25, -0.2) is 0 Å². The van der Waals surface area contributed by atoms with Gasteiger partial charge in [-0.3, -0.25) is 0 Å². The SMILES string of the molecule is OCC1(CN2CCCSCC2)COC1. The summed E-state index contributed by atoms with van der Waals surface area (Å²) in [5.74, 6) is 2.53. The molecule has 0 aromatic carbocycles. The van der Waals surface area contributed by atoms with Gasteiger partial charge in [-0.05, 0) is 18.7 Å². The molecule has 2 aliphatic heterocycles. The number of rotatable bonds is 3. The van der Waals surface area contributed by atoms with Gasteiger partial charge in [-0.1, -0.05) is 0 Å². The largest absolute Gasteiger partial charge is 0.396 e. The lowest BCUT2D eigenvalue weighted by atomic mass is 9.86. The first kappa shape index (κ1) is 10.7. The summed E-state index contributed by atoms with van der Waals surface area (Å²) in [6, 6.07) is 0. The van der Waals surface area contributed by atoms with Crippen LogP contribution < -0.4 is 0 Å². The first-order chi connectivity index (χ1) is 6.85. The molecule has 0 spiro atoms. The summed E-state index contributed by atoms with van der Waals surface area (Å²) < 4.78 is 5.21. The average Bonchev–Trinajstić information content (AvgIpc) is 2.39. The third-order valence-electron chi connectivity index (χ3n) is 3.03. The predicted molar refractivity (Wildman–Crippen MR) is 58.7 cm³/mol. The molecule has 2 fully saturated rings. The van der Waals surface area contributed by atoms with Crippen LogP contribution in [0.4, 0.5) is 0 Å². The number of aliphatic hydroxyl groups is 1. The molecule has 14 heavy (non-hydrogen) atoms. The molecule has 0 saturated carbocycles. The topological polar surface area (TPSA) is 32.7 Å². The third-order valence-corrected chi connectivity index (χ3v) is 4.07. The van der Waals surface area contributed by atoms with Crippen molar-refractivity contribution in [3.63, 3.8) is 0 Å². The zero-order valence-electron chi connectivity index (χ0n) is 8.57. The van der Waals surface area contributed by atoms with Crippen molar-refractivity contribution in [1.29, 1.82) is 0 Å². The Bertz CT molecular complexity index is 171. The van der Waals surface area contributed by atoms with Crippen molar-refractivity contribution in [3.05, 3.63) is 0 Å². The van der Waals surface area contributed by atoms with Crippen LogP contribution in [0, 0.1) is 5.41 Å². The molecule has 82 valence electrons. The maximum Gasteiger partial charge on any atom is 0.0579 e. The molecule has 0 amide bonds. The maximum absolute atomic E-state index is 9.33. The van der Waals surface area contributed by atoms with Gasteiger partial charge in [-0.15, -0.1) is 0 Å². The second-order valence-electron chi connectivity index (χ2n) is 4.39. The highest BCUT2D eigenvalue weighted by Gasteiger charge is 2.39. The summed E-state index contributed by atoms with van der Waals surface area (Å²) in [5.41, 5.74) is 0.0645. The smallest absolute Gasteiger partial charge is 0.0579 e. The Labute approximate surface area is 89.8 Å². The Morgan fingerprint density at radius 3 is 2.79 bits per heavy atom. The van der Waals surface area contributed by atoms with Crippen LogP contribution in [0.25, 0.3) is 0 Å².